The Hall–Kier alpha value is -5.19. The van der Waals surface area contributed by atoms with Crippen LogP contribution in [0.1, 0.15) is 52.7 Å². The number of phenolic OH excluding ortho intramolecular Hbond substituents is 1. The molecule has 0 aliphatic carbocycles. The molecule has 0 saturated carbocycles. The van der Waals surface area contributed by atoms with E-state index < -0.39 is 0 Å². The summed E-state index contributed by atoms with van der Waals surface area (Å²) in [4.78, 5) is 21.9. The van der Waals surface area contributed by atoms with E-state index >= 15 is 0 Å². The van der Waals surface area contributed by atoms with Crippen LogP contribution in [-0.2, 0) is 31.9 Å². The molecule has 0 spiro atoms. The first-order valence-electron chi connectivity index (χ1n) is 16.9. The number of benzene rings is 5. The zero-order valence-corrected chi connectivity index (χ0v) is 31.9. The van der Waals surface area contributed by atoms with Gasteiger partial charge in [0.05, 0.1) is 17.1 Å². The first-order chi connectivity index (χ1) is 24.0. The van der Waals surface area contributed by atoms with Gasteiger partial charge in [-0.15, -0.1) is 29.8 Å². The standard InChI is InChI=1S/C44H40N5O.Pt/c1-43(2,3)32-27-35(39(50)36(28-32)44(4,5)6)42-47-40(30-17-8-7-9-18-30)46-41(48-42)31-20-14-21-33(26-31)49(38-24-12-13-25-45-38)37-23-15-19-29-16-10-11-22-34(29)37;/h7-25,27-28,50H,1-6H3;/q-1;. The minimum Gasteiger partial charge on any atom is -0.507 e. The van der Waals surface area contributed by atoms with E-state index in [0.29, 0.717) is 28.6 Å². The molecule has 0 atom stereocenters. The number of aromatic nitrogens is 4. The fourth-order valence-electron chi connectivity index (χ4n) is 6.13. The number of hydrogen-bond donors (Lipinski definition) is 1. The number of pyridine rings is 1. The Bertz CT molecular complexity index is 2310. The second-order valence-corrected chi connectivity index (χ2v) is 14.6. The van der Waals surface area contributed by atoms with Crippen LogP contribution < -0.4 is 4.90 Å². The Morgan fingerprint density at radius 1 is 0.627 bits per heavy atom. The number of fused-ring (bicyclic) bond motifs is 1. The van der Waals surface area contributed by atoms with Gasteiger partial charge in [0.25, 0.3) is 0 Å². The molecule has 0 bridgehead atoms. The van der Waals surface area contributed by atoms with Crippen molar-refractivity contribution in [3.8, 4) is 39.9 Å². The van der Waals surface area contributed by atoms with Crippen molar-refractivity contribution in [2.45, 2.75) is 52.4 Å². The van der Waals surface area contributed by atoms with Crippen LogP contribution in [0.5, 0.6) is 5.75 Å². The molecule has 0 amide bonds. The molecule has 51 heavy (non-hydrogen) atoms. The van der Waals surface area contributed by atoms with E-state index in [1.165, 1.54) is 0 Å². The SMILES string of the molecule is CC(C)(C)c1cc(-c2nc(-c3[c-]c(N(c4ccccn4)c4cccc5ccccc45)ccc3)nc(-c3ccccc3)n2)c(O)c(C(C)(C)C)c1.[Pt]. The molecule has 0 radical (unpaired) electrons. The summed E-state index contributed by atoms with van der Waals surface area (Å²) in [5, 5.41) is 14.0. The number of phenols is 1. The molecule has 7 aromatic rings. The molecule has 258 valence electrons. The molecule has 2 aromatic heterocycles. The Morgan fingerprint density at radius 2 is 1.29 bits per heavy atom. The zero-order chi connectivity index (χ0) is 35.0. The normalized spacial score (nSPS) is 11.6. The van der Waals surface area contributed by atoms with Gasteiger partial charge in [0.1, 0.15) is 11.6 Å². The summed E-state index contributed by atoms with van der Waals surface area (Å²) in [6, 6.07) is 44.1. The number of rotatable bonds is 6. The quantitative estimate of drug-likeness (QED) is 0.168. The third-order valence-electron chi connectivity index (χ3n) is 8.84. The van der Waals surface area contributed by atoms with Crippen molar-refractivity contribution in [1.82, 2.24) is 19.9 Å². The van der Waals surface area contributed by atoms with Crippen LogP contribution in [0.3, 0.4) is 0 Å². The van der Waals surface area contributed by atoms with E-state index in [1.807, 2.05) is 78.9 Å². The van der Waals surface area contributed by atoms with Gasteiger partial charge in [-0.2, -0.15) is 0 Å². The van der Waals surface area contributed by atoms with Crippen molar-refractivity contribution in [2.24, 2.45) is 0 Å². The molecule has 6 nitrogen and oxygen atoms in total. The maximum absolute atomic E-state index is 11.8. The van der Waals surface area contributed by atoms with Crippen LogP contribution in [0.2, 0.25) is 0 Å². The molecule has 5 aromatic carbocycles. The monoisotopic (exact) mass is 849 g/mol. The average Bonchev–Trinajstić information content (AvgIpc) is 3.12. The van der Waals surface area contributed by atoms with Gasteiger partial charge in [-0.05, 0) is 51.7 Å². The Balaban J connectivity index is 0.00000448. The predicted octanol–water partition coefficient (Wildman–Crippen LogP) is 11.0. The van der Waals surface area contributed by atoms with Crippen LogP contribution in [0.4, 0.5) is 17.2 Å². The summed E-state index contributed by atoms with van der Waals surface area (Å²) in [6.07, 6.45) is 1.80. The first-order valence-corrected chi connectivity index (χ1v) is 16.9. The molecule has 7 rings (SSSR count). The minimum absolute atomic E-state index is 0. The topological polar surface area (TPSA) is 75.0 Å². The molecular formula is C44H40N5OPt-. The molecule has 0 aliphatic heterocycles. The van der Waals surface area contributed by atoms with Crippen LogP contribution in [0.15, 0.2) is 128 Å². The van der Waals surface area contributed by atoms with Crippen LogP contribution in [0.25, 0.3) is 44.9 Å². The van der Waals surface area contributed by atoms with Gasteiger partial charge in [0.15, 0.2) is 11.6 Å². The third kappa shape index (κ3) is 7.33. The van der Waals surface area contributed by atoms with Gasteiger partial charge in [0.2, 0.25) is 0 Å². The van der Waals surface area contributed by atoms with Crippen molar-refractivity contribution in [3.05, 3.63) is 145 Å². The van der Waals surface area contributed by atoms with E-state index in [1.54, 1.807) is 6.20 Å². The maximum Gasteiger partial charge on any atom is 0.158 e. The Kier molecular flexibility index (Phi) is 9.92. The van der Waals surface area contributed by atoms with Crippen LogP contribution in [0, 0.1) is 6.07 Å². The van der Waals surface area contributed by atoms with Crippen molar-refractivity contribution in [1.29, 1.82) is 0 Å². The van der Waals surface area contributed by atoms with Crippen molar-refractivity contribution in [2.75, 3.05) is 4.90 Å². The smallest absolute Gasteiger partial charge is 0.158 e. The van der Waals surface area contributed by atoms with E-state index in [9.17, 15) is 5.11 Å². The van der Waals surface area contributed by atoms with E-state index in [-0.39, 0.29) is 37.6 Å². The van der Waals surface area contributed by atoms with E-state index in [0.717, 1.165) is 44.7 Å². The van der Waals surface area contributed by atoms with Crippen molar-refractivity contribution < 1.29 is 26.2 Å². The van der Waals surface area contributed by atoms with Crippen molar-refractivity contribution in [3.63, 3.8) is 0 Å². The number of hydrogen-bond acceptors (Lipinski definition) is 6. The predicted molar refractivity (Wildman–Crippen MR) is 204 cm³/mol. The summed E-state index contributed by atoms with van der Waals surface area (Å²) in [5.74, 6) is 2.30. The first kappa shape index (κ1) is 35.6. The maximum atomic E-state index is 11.8. The second kappa shape index (κ2) is 14.2. The molecule has 2 heterocycles. The zero-order valence-electron chi connectivity index (χ0n) is 29.6. The van der Waals surface area contributed by atoms with Gasteiger partial charge in [-0.1, -0.05) is 120 Å². The molecular weight excluding hydrogens is 810 g/mol. The summed E-state index contributed by atoms with van der Waals surface area (Å²) < 4.78 is 0. The fraction of sp³-hybridized carbons (Fsp3) is 0.182. The van der Waals surface area contributed by atoms with Crippen molar-refractivity contribution >= 4 is 28.0 Å². The van der Waals surface area contributed by atoms with E-state index in [2.05, 4.69) is 95.0 Å². The van der Waals surface area contributed by atoms with Gasteiger partial charge < -0.3 is 10.0 Å². The molecule has 0 aliphatic rings. The largest absolute Gasteiger partial charge is 0.507 e. The van der Waals surface area contributed by atoms with Gasteiger partial charge in [0, 0.05) is 43.8 Å². The average molecular weight is 850 g/mol. The molecule has 0 saturated heterocycles. The summed E-state index contributed by atoms with van der Waals surface area (Å²) in [7, 11) is 0. The fourth-order valence-corrected chi connectivity index (χ4v) is 6.13. The van der Waals surface area contributed by atoms with Crippen LogP contribution >= 0.6 is 0 Å². The summed E-state index contributed by atoms with van der Waals surface area (Å²) >= 11 is 0. The number of aromatic hydroxyl groups is 1. The molecule has 0 unspecified atom stereocenters. The number of nitrogens with zero attached hydrogens (tertiary/aromatic N) is 5. The van der Waals surface area contributed by atoms with Gasteiger partial charge in [-0.25, -0.2) is 9.97 Å². The Labute approximate surface area is 314 Å². The van der Waals surface area contributed by atoms with Gasteiger partial charge in [-0.3, -0.25) is 9.97 Å². The molecule has 0 fully saturated rings. The summed E-state index contributed by atoms with van der Waals surface area (Å²) in [6.45, 7) is 12.8. The second-order valence-electron chi connectivity index (χ2n) is 14.6. The van der Waals surface area contributed by atoms with Gasteiger partial charge >= 0.3 is 0 Å². The van der Waals surface area contributed by atoms with Crippen LogP contribution in [-0.4, -0.2) is 25.0 Å². The Morgan fingerprint density at radius 3 is 2.02 bits per heavy atom. The van der Waals surface area contributed by atoms with E-state index in [4.69, 9.17) is 19.9 Å². The minimum atomic E-state index is -0.309. The summed E-state index contributed by atoms with van der Waals surface area (Å²) in [5.41, 5.74) is 5.34. The number of anilines is 3. The molecule has 1 N–H and O–H groups in total. The molecule has 7 heteroatoms. The third-order valence-corrected chi connectivity index (χ3v) is 8.84.